The third-order valence-electron chi connectivity index (χ3n) is 8.29. The molecule has 0 aliphatic carbocycles. The minimum atomic E-state index is 1.26. The summed E-state index contributed by atoms with van der Waals surface area (Å²) in [5.74, 6) is 0. The van der Waals surface area contributed by atoms with Crippen LogP contribution in [0.1, 0.15) is 33.4 Å². The SMILES string of the molecule is Cc1ccc2c(c1)c1cc3c(cc1n2-c1c(C)cccc1C)c1cc(C)ccc1n3-c1c(C)cccc1C. The highest BCUT2D eigenvalue weighted by atomic mass is 15.0. The number of benzene rings is 5. The average molecular weight is 493 g/mol. The van der Waals surface area contributed by atoms with Crippen LogP contribution >= 0.6 is 0 Å². The van der Waals surface area contributed by atoms with Crippen molar-refractivity contribution in [2.24, 2.45) is 0 Å². The molecule has 0 aliphatic heterocycles. The number of nitrogens with zero attached hydrogens (tertiary/aromatic N) is 2. The summed E-state index contributed by atoms with van der Waals surface area (Å²) in [6.45, 7) is 13.3. The van der Waals surface area contributed by atoms with Crippen LogP contribution in [-0.4, -0.2) is 9.13 Å². The second-order valence-corrected chi connectivity index (χ2v) is 11.1. The summed E-state index contributed by atoms with van der Waals surface area (Å²) in [4.78, 5) is 0. The van der Waals surface area contributed by atoms with E-state index in [9.17, 15) is 0 Å². The molecule has 0 aliphatic rings. The van der Waals surface area contributed by atoms with E-state index in [4.69, 9.17) is 0 Å². The lowest BCUT2D eigenvalue weighted by Gasteiger charge is -2.15. The highest BCUT2D eigenvalue weighted by Crippen LogP contribution is 2.41. The summed E-state index contributed by atoms with van der Waals surface area (Å²) in [5, 5.41) is 5.20. The molecule has 2 aromatic heterocycles. The molecule has 2 heteroatoms. The number of fused-ring (bicyclic) bond motifs is 6. The molecule has 0 fully saturated rings. The molecule has 2 heterocycles. The minimum Gasteiger partial charge on any atom is -0.309 e. The summed E-state index contributed by atoms with van der Waals surface area (Å²) in [6.07, 6.45) is 0. The lowest BCUT2D eigenvalue weighted by atomic mass is 10.1. The maximum absolute atomic E-state index is 2.49. The van der Waals surface area contributed by atoms with Gasteiger partial charge in [0.15, 0.2) is 0 Å². The normalized spacial score (nSPS) is 11.9. The van der Waals surface area contributed by atoms with E-state index in [1.54, 1.807) is 0 Å². The second kappa shape index (κ2) is 8.10. The van der Waals surface area contributed by atoms with Crippen LogP contribution in [0.25, 0.3) is 55.0 Å². The molecule has 0 radical (unpaired) electrons. The lowest BCUT2D eigenvalue weighted by molar-refractivity contribution is 1.12. The first-order chi connectivity index (χ1) is 18.3. The standard InChI is InChI=1S/C36H32N2/c1-21-13-15-31-27(17-21)29-19-34-30(20-33(29)37(31)35-23(3)9-7-10-24(35)4)28-18-22(2)14-16-32(28)38(34)36-25(5)11-8-12-26(36)6/h7-20H,1-6H3. The van der Waals surface area contributed by atoms with Crippen LogP contribution in [0, 0.1) is 41.5 Å². The van der Waals surface area contributed by atoms with Gasteiger partial charge < -0.3 is 9.13 Å². The van der Waals surface area contributed by atoms with Crippen LogP contribution in [-0.2, 0) is 0 Å². The zero-order valence-electron chi connectivity index (χ0n) is 23.0. The van der Waals surface area contributed by atoms with Gasteiger partial charge in [-0.25, -0.2) is 0 Å². The topological polar surface area (TPSA) is 9.86 Å². The Morgan fingerprint density at radius 1 is 0.368 bits per heavy atom. The van der Waals surface area contributed by atoms with Crippen molar-refractivity contribution >= 4 is 43.6 Å². The van der Waals surface area contributed by atoms with Crippen molar-refractivity contribution in [3.8, 4) is 11.4 Å². The van der Waals surface area contributed by atoms with Crippen LogP contribution in [0.5, 0.6) is 0 Å². The van der Waals surface area contributed by atoms with E-state index in [1.807, 2.05) is 0 Å². The maximum atomic E-state index is 2.49. The molecule has 0 amide bonds. The van der Waals surface area contributed by atoms with Gasteiger partial charge in [-0.15, -0.1) is 0 Å². The largest absolute Gasteiger partial charge is 0.309 e. The number of hydrogen-bond acceptors (Lipinski definition) is 0. The molecule has 0 spiro atoms. The quantitative estimate of drug-likeness (QED) is 0.227. The van der Waals surface area contributed by atoms with E-state index in [1.165, 1.54) is 88.4 Å². The number of aromatic nitrogens is 2. The van der Waals surface area contributed by atoms with Crippen molar-refractivity contribution in [3.63, 3.8) is 0 Å². The monoisotopic (exact) mass is 492 g/mol. The van der Waals surface area contributed by atoms with Gasteiger partial charge in [-0.1, -0.05) is 59.7 Å². The Morgan fingerprint density at radius 3 is 1.08 bits per heavy atom. The first-order valence-corrected chi connectivity index (χ1v) is 13.5. The van der Waals surface area contributed by atoms with Crippen molar-refractivity contribution in [1.29, 1.82) is 0 Å². The molecule has 0 bridgehead atoms. The van der Waals surface area contributed by atoms with E-state index in [0.29, 0.717) is 0 Å². The van der Waals surface area contributed by atoms with Crippen molar-refractivity contribution in [2.45, 2.75) is 41.5 Å². The first kappa shape index (κ1) is 22.9. The van der Waals surface area contributed by atoms with Crippen molar-refractivity contribution < 1.29 is 0 Å². The van der Waals surface area contributed by atoms with Gasteiger partial charge in [0.2, 0.25) is 0 Å². The van der Waals surface area contributed by atoms with Crippen LogP contribution in [0.3, 0.4) is 0 Å². The molecule has 0 N–H and O–H groups in total. The van der Waals surface area contributed by atoms with Crippen molar-refractivity contribution in [3.05, 3.63) is 118 Å². The summed E-state index contributed by atoms with van der Waals surface area (Å²) in [6, 6.07) is 31.9. The third kappa shape index (κ3) is 3.13. The minimum absolute atomic E-state index is 1.26. The molecule has 5 aromatic carbocycles. The summed E-state index contributed by atoms with van der Waals surface area (Å²) >= 11 is 0. The van der Waals surface area contributed by atoms with Gasteiger partial charge in [-0.3, -0.25) is 0 Å². The van der Waals surface area contributed by atoms with Crippen molar-refractivity contribution in [2.75, 3.05) is 0 Å². The Kier molecular flexibility index (Phi) is 4.87. The number of aryl methyl sites for hydroxylation is 6. The Morgan fingerprint density at radius 2 is 0.711 bits per heavy atom. The van der Waals surface area contributed by atoms with E-state index in [0.717, 1.165) is 0 Å². The smallest absolute Gasteiger partial charge is 0.0549 e. The summed E-state index contributed by atoms with van der Waals surface area (Å²) in [7, 11) is 0. The fourth-order valence-electron chi connectivity index (χ4n) is 6.56. The zero-order chi connectivity index (χ0) is 26.3. The second-order valence-electron chi connectivity index (χ2n) is 11.1. The maximum Gasteiger partial charge on any atom is 0.0549 e. The molecule has 0 unspecified atom stereocenters. The number of para-hydroxylation sites is 2. The fraction of sp³-hybridized carbons (Fsp3) is 0.167. The van der Waals surface area contributed by atoms with Crippen LogP contribution in [0.15, 0.2) is 84.9 Å². The van der Waals surface area contributed by atoms with E-state index >= 15 is 0 Å². The highest BCUT2D eigenvalue weighted by molar-refractivity contribution is 6.19. The molecule has 0 saturated heterocycles. The third-order valence-corrected chi connectivity index (χ3v) is 8.29. The molecular weight excluding hydrogens is 460 g/mol. The Hall–Kier alpha value is -4.30. The van der Waals surface area contributed by atoms with Gasteiger partial charge in [-0.05, 0) is 100 Å². The summed E-state index contributed by atoms with van der Waals surface area (Å²) < 4.78 is 4.98. The molecule has 186 valence electrons. The predicted octanol–water partition coefficient (Wildman–Crippen LogP) is 9.73. The zero-order valence-corrected chi connectivity index (χ0v) is 23.0. The summed E-state index contributed by atoms with van der Waals surface area (Å²) in [5.41, 5.74) is 15.3. The van der Waals surface area contributed by atoms with Crippen LogP contribution in [0.4, 0.5) is 0 Å². The van der Waals surface area contributed by atoms with Gasteiger partial charge in [-0.2, -0.15) is 0 Å². The Balaban J connectivity index is 1.74. The number of hydrogen-bond donors (Lipinski definition) is 0. The van der Waals surface area contributed by atoms with Gasteiger partial charge in [0.05, 0.1) is 33.4 Å². The molecule has 2 nitrogen and oxygen atoms in total. The average Bonchev–Trinajstić information content (AvgIpc) is 3.35. The predicted molar refractivity (Wildman–Crippen MR) is 164 cm³/mol. The van der Waals surface area contributed by atoms with Crippen LogP contribution in [0.2, 0.25) is 0 Å². The Bertz CT molecular complexity index is 1890. The fourth-order valence-corrected chi connectivity index (χ4v) is 6.56. The molecule has 7 rings (SSSR count). The van der Waals surface area contributed by atoms with Gasteiger partial charge in [0.1, 0.15) is 0 Å². The van der Waals surface area contributed by atoms with Gasteiger partial charge in [0.25, 0.3) is 0 Å². The molecule has 0 saturated carbocycles. The highest BCUT2D eigenvalue weighted by Gasteiger charge is 2.21. The van der Waals surface area contributed by atoms with Crippen molar-refractivity contribution in [1.82, 2.24) is 9.13 Å². The Labute approximate surface area is 223 Å². The van der Waals surface area contributed by atoms with Gasteiger partial charge >= 0.3 is 0 Å². The van der Waals surface area contributed by atoms with E-state index in [-0.39, 0.29) is 0 Å². The molecule has 0 atom stereocenters. The molecular formula is C36H32N2. The molecule has 7 aromatic rings. The van der Waals surface area contributed by atoms with E-state index < -0.39 is 0 Å². The van der Waals surface area contributed by atoms with E-state index in [2.05, 4.69) is 136 Å². The lowest BCUT2D eigenvalue weighted by Crippen LogP contribution is -2.00. The first-order valence-electron chi connectivity index (χ1n) is 13.5. The molecule has 38 heavy (non-hydrogen) atoms. The van der Waals surface area contributed by atoms with Crippen LogP contribution < -0.4 is 0 Å². The number of rotatable bonds is 2. The van der Waals surface area contributed by atoms with Gasteiger partial charge in [0, 0.05) is 21.5 Å².